The molecule has 0 spiro atoms. The van der Waals surface area contributed by atoms with E-state index in [4.69, 9.17) is 15.6 Å². The quantitative estimate of drug-likeness (QED) is 0.189. The minimum Gasteiger partial charge on any atom is -0.478 e. The largest absolute Gasteiger partial charge is 3.00 e. The first-order chi connectivity index (χ1) is 9.75. The second-order valence-electron chi connectivity index (χ2n) is 3.11. The van der Waals surface area contributed by atoms with E-state index in [0.29, 0.717) is 0 Å². The summed E-state index contributed by atoms with van der Waals surface area (Å²) < 4.78 is 98.3. The number of aromatic carboxylic acids is 1. The van der Waals surface area contributed by atoms with Gasteiger partial charge in [-0.05, 0) is 12.1 Å². The predicted molar refractivity (Wildman–Crippen MR) is 83.0 cm³/mol. The fourth-order valence-electron chi connectivity index (χ4n) is 0.494. The maximum Gasteiger partial charge on any atom is 3.00 e. The number of carbonyl (C=O) groups is 1. The first-order valence-electron chi connectivity index (χ1n) is 4.63. The van der Waals surface area contributed by atoms with Crippen LogP contribution in [0.1, 0.15) is 10.4 Å². The Morgan fingerprint density at radius 3 is 1.14 bits per heavy atom. The Bertz CT molecular complexity index is 481. The summed E-state index contributed by atoms with van der Waals surface area (Å²) in [6.45, 7) is 0. The molecule has 0 aromatic carbocycles. The average Bonchev–Trinajstić information content (AvgIpc) is 2.26. The number of hydrogen-bond donors (Lipinski definition) is 5. The summed E-state index contributed by atoms with van der Waals surface area (Å²) in [5.41, 5.74) is 6.02. The van der Waals surface area contributed by atoms with Crippen LogP contribution >= 0.6 is 0 Å². The molecule has 0 aliphatic heterocycles. The summed E-state index contributed by atoms with van der Waals surface area (Å²) in [7, 11) is -16.8. The molecule has 0 saturated carbocycles. The molecule has 182 valence electrons. The summed E-state index contributed by atoms with van der Waals surface area (Å²) in [5, 5.41) is 8.36. The van der Waals surface area contributed by atoms with Gasteiger partial charge in [0.1, 0.15) is 5.59 Å². The number of hydrogen-bond acceptors (Lipinski definition) is 7. The van der Waals surface area contributed by atoms with E-state index < -0.39 is 21.9 Å². The number of rotatable bonds is 1. The summed E-state index contributed by atoms with van der Waals surface area (Å²) in [6.07, 6.45) is 2.90. The van der Waals surface area contributed by atoms with Crippen molar-refractivity contribution in [2.45, 2.75) is 0 Å². The zero-order valence-electron chi connectivity index (χ0n) is 14.0. The molecular weight excluding hydrogens is 550 g/mol. The van der Waals surface area contributed by atoms with Crippen molar-refractivity contribution in [3.8, 4) is 0 Å². The Kier molecular flexibility index (Phi) is 35.5. The summed E-state index contributed by atoms with van der Waals surface area (Å²) in [6, 6.07) is 2.89. The first-order valence-corrected chi connectivity index (χ1v) is 6.90. The van der Waals surface area contributed by atoms with Gasteiger partial charge in [0, 0.05) is 12.4 Å². The molecule has 1 heterocycles. The van der Waals surface area contributed by atoms with Gasteiger partial charge in [-0.2, -0.15) is 0 Å². The van der Waals surface area contributed by atoms with Gasteiger partial charge in [0.05, 0.1) is 5.56 Å². The van der Waals surface area contributed by atoms with Crippen molar-refractivity contribution < 1.29 is 76.8 Å². The molecule has 1 aromatic rings. The molecule has 0 atom stereocenters. The van der Waals surface area contributed by atoms with Gasteiger partial charge in [-0.3, -0.25) is 4.98 Å². The van der Waals surface area contributed by atoms with E-state index in [1.54, 1.807) is 0 Å². The number of pyridine rings is 1. The van der Waals surface area contributed by atoms with Crippen molar-refractivity contribution in [3.63, 3.8) is 0 Å². The fraction of sp³-hybridized carbons (Fsp3) is 0. The molecular formula is C6H19BF10N6O4RuSi. The molecule has 23 heteroatoms. The molecule has 15 N–H and O–H groups in total. The second kappa shape index (κ2) is 18.3. The monoisotopic (exact) mass is 570 g/mol. The topological polar surface area (TPSA) is 261 Å². The summed E-state index contributed by atoms with van der Waals surface area (Å²) in [4.78, 5) is 21.1. The Balaban J connectivity index is -0.0000000265. The normalized spacial score (nSPS) is 10.6. The standard InChI is InChI=1S/C6H5NO2.BF4.F6Si.NO.4H3N.H2O.Ru/c8-6(9)5-1-3-7-4-2-5;2-1(3,4)5;1-7(2,3,4,5)6;1-2;;;;;;/h1-4H,(H,8,9);;;;4*1H3;1H2;/q;-1;-2;;;;;;;+3. The molecule has 0 fully saturated rings. The average molecular weight is 569 g/mol. The van der Waals surface area contributed by atoms with Gasteiger partial charge >= 0.3 is 66.0 Å². The van der Waals surface area contributed by atoms with Crippen molar-refractivity contribution in [3.05, 3.63) is 35.0 Å². The third kappa shape index (κ3) is 147. The van der Waals surface area contributed by atoms with Gasteiger partial charge < -0.3 is 52.4 Å². The number of nitrogens with zero attached hydrogens (tertiary/aromatic N) is 2. The van der Waals surface area contributed by atoms with Crippen LogP contribution in [0.25, 0.3) is 0 Å². The molecule has 0 aliphatic carbocycles. The number of carboxylic acids is 1. The second-order valence-corrected chi connectivity index (χ2v) is 5.25. The maximum atomic E-state index is 10.2. The van der Waals surface area contributed by atoms with E-state index in [0.717, 1.165) is 0 Å². The van der Waals surface area contributed by atoms with Gasteiger partial charge in [0.15, 0.2) is 0 Å². The molecule has 2 radical (unpaired) electrons. The van der Waals surface area contributed by atoms with Crippen LogP contribution in [0, 0.1) is 4.91 Å². The van der Waals surface area contributed by atoms with Crippen LogP contribution in [0.5, 0.6) is 0 Å². The Morgan fingerprint density at radius 1 is 0.862 bits per heavy atom. The minimum atomic E-state index is -10.8. The number of nitroso groups, excluding NO2 is 1. The molecule has 0 unspecified atom stereocenters. The van der Waals surface area contributed by atoms with Crippen LogP contribution in [-0.2, 0) is 19.5 Å². The van der Waals surface area contributed by atoms with Crippen LogP contribution in [0.2, 0.25) is 0 Å². The van der Waals surface area contributed by atoms with Gasteiger partial charge in [0.25, 0.3) is 0 Å². The van der Waals surface area contributed by atoms with Crippen molar-refractivity contribution in [1.29, 1.82) is 0 Å². The summed E-state index contributed by atoms with van der Waals surface area (Å²) in [5.74, 6) is -0.919. The minimum absolute atomic E-state index is 0. The molecule has 0 aliphatic rings. The third-order valence-electron chi connectivity index (χ3n) is 0.927. The van der Waals surface area contributed by atoms with Gasteiger partial charge in [0.2, 0.25) is 0 Å². The van der Waals surface area contributed by atoms with E-state index in [1.165, 1.54) is 24.5 Å². The summed E-state index contributed by atoms with van der Waals surface area (Å²) >= 11 is 0. The molecule has 0 amide bonds. The van der Waals surface area contributed by atoms with Crippen LogP contribution in [-0.4, -0.2) is 37.4 Å². The van der Waals surface area contributed by atoms with Crippen molar-refractivity contribution in [2.75, 3.05) is 0 Å². The molecule has 29 heavy (non-hydrogen) atoms. The molecule has 1 aromatic heterocycles. The van der Waals surface area contributed by atoms with Crippen molar-refractivity contribution in [2.24, 2.45) is 0 Å². The van der Waals surface area contributed by atoms with Crippen LogP contribution in [0.3, 0.4) is 0 Å². The fourth-order valence-corrected chi connectivity index (χ4v) is 0.494. The van der Waals surface area contributed by atoms with Crippen molar-refractivity contribution in [1.82, 2.24) is 35.2 Å². The maximum absolute atomic E-state index is 10.8. The molecule has 0 saturated heterocycles. The van der Waals surface area contributed by atoms with Crippen LogP contribution in [0.15, 0.2) is 24.5 Å². The van der Waals surface area contributed by atoms with Gasteiger partial charge in [-0.25, -0.2) is 4.79 Å². The van der Waals surface area contributed by atoms with Crippen molar-refractivity contribution >= 4 is 21.9 Å². The zero-order chi connectivity index (χ0) is 19.6. The van der Waals surface area contributed by atoms with E-state index in [-0.39, 0.29) is 55.1 Å². The van der Waals surface area contributed by atoms with Crippen LogP contribution in [0.4, 0.5) is 41.9 Å². The smallest absolute Gasteiger partial charge is 0.478 e. The predicted octanol–water partition coefficient (Wildman–Crippen LogP) is 3.59. The first kappa shape index (κ1) is 56.4. The number of halogens is 10. The Morgan fingerprint density at radius 2 is 1.03 bits per heavy atom. The Labute approximate surface area is 169 Å². The van der Waals surface area contributed by atoms with Gasteiger partial charge in [-0.15, -0.1) is 4.91 Å². The van der Waals surface area contributed by atoms with E-state index in [2.05, 4.69) is 4.98 Å². The van der Waals surface area contributed by atoms with Gasteiger partial charge in [-0.1, -0.05) is 0 Å². The van der Waals surface area contributed by atoms with E-state index in [9.17, 15) is 46.7 Å². The number of carboxylic acid groups (broad SMARTS) is 1. The molecule has 10 nitrogen and oxygen atoms in total. The van der Waals surface area contributed by atoms with Crippen LogP contribution < -0.4 is 30.2 Å². The molecule has 0 bridgehead atoms. The zero-order valence-corrected chi connectivity index (χ0v) is 16.7. The van der Waals surface area contributed by atoms with E-state index in [1.807, 2.05) is 0 Å². The Hall–Kier alpha value is -1.77. The van der Waals surface area contributed by atoms with E-state index >= 15 is 0 Å². The third-order valence-corrected chi connectivity index (χ3v) is 0.927. The number of aromatic nitrogens is 1. The molecule has 1 rings (SSSR count). The SMILES string of the molecule is F[B-](F)(F)F.F[Si-2](F)(F)(F)(F)F.N.N.N.N.O.O=C(O)c1ccncc1.[N]=O.[Ru+3].